The Kier molecular flexibility index (Phi) is 5.64. The highest BCUT2D eigenvalue weighted by Gasteiger charge is 2.15. The molecule has 0 aliphatic heterocycles. The molecule has 0 spiro atoms. The number of aryl methyl sites for hydroxylation is 2. The van der Waals surface area contributed by atoms with Gasteiger partial charge in [0.1, 0.15) is 5.75 Å². The summed E-state index contributed by atoms with van der Waals surface area (Å²) in [6, 6.07) is 10.0. The van der Waals surface area contributed by atoms with E-state index in [-0.39, 0.29) is 16.6 Å². The zero-order valence-corrected chi connectivity index (χ0v) is 17.2. The Balaban J connectivity index is 1.75. The monoisotopic (exact) mass is 420 g/mol. The largest absolute Gasteiger partial charge is 0.495 e. The average Bonchev–Trinajstić information content (AvgIpc) is 2.95. The van der Waals surface area contributed by atoms with Crippen molar-refractivity contribution in [1.29, 1.82) is 0 Å². The Labute approximate surface area is 167 Å². The van der Waals surface area contributed by atoms with Crippen LogP contribution >= 0.6 is 11.8 Å². The lowest BCUT2D eigenvalue weighted by Crippen LogP contribution is -2.15. The number of methoxy groups -OCH3 is 1. The van der Waals surface area contributed by atoms with Crippen LogP contribution in [0.2, 0.25) is 0 Å². The van der Waals surface area contributed by atoms with E-state index in [9.17, 15) is 13.2 Å². The van der Waals surface area contributed by atoms with Gasteiger partial charge >= 0.3 is 0 Å². The second-order valence-electron chi connectivity index (χ2n) is 6.19. The third kappa shape index (κ3) is 4.29. The molecule has 8 nitrogen and oxygen atoms in total. The smallest absolute Gasteiger partial charge is 0.238 e. The van der Waals surface area contributed by atoms with E-state index in [4.69, 9.17) is 9.88 Å². The van der Waals surface area contributed by atoms with Gasteiger partial charge in [-0.3, -0.25) is 4.79 Å². The number of primary sulfonamides is 1. The Bertz CT molecular complexity index is 1160. The molecule has 1 heterocycles. The van der Waals surface area contributed by atoms with Crippen LogP contribution in [-0.2, 0) is 21.9 Å². The van der Waals surface area contributed by atoms with Crippen LogP contribution < -0.4 is 15.2 Å². The number of nitrogens with two attached hydrogens (primary N) is 1. The number of rotatable bonds is 6. The first kappa shape index (κ1) is 20.2. The number of thioether (sulfide) groups is 1. The van der Waals surface area contributed by atoms with Crippen LogP contribution in [0.15, 0.2) is 46.5 Å². The number of ether oxygens (including phenoxy) is 1. The van der Waals surface area contributed by atoms with Crippen molar-refractivity contribution in [2.45, 2.75) is 17.0 Å². The van der Waals surface area contributed by atoms with Gasteiger partial charge in [-0.25, -0.2) is 18.5 Å². The van der Waals surface area contributed by atoms with Crippen molar-refractivity contribution < 1.29 is 17.9 Å². The number of imidazole rings is 1. The third-order valence-electron chi connectivity index (χ3n) is 4.10. The molecule has 0 aliphatic carbocycles. The Morgan fingerprint density at radius 3 is 2.71 bits per heavy atom. The maximum atomic E-state index is 12.4. The van der Waals surface area contributed by atoms with Gasteiger partial charge < -0.3 is 14.6 Å². The fourth-order valence-corrected chi connectivity index (χ4v) is 4.02. The first-order chi connectivity index (χ1) is 13.2. The number of aromatic nitrogens is 2. The number of carbonyl (C=O) groups excluding carboxylic acids is 1. The number of carbonyl (C=O) groups is 1. The normalized spacial score (nSPS) is 11.6. The lowest BCUT2D eigenvalue weighted by Gasteiger charge is -2.10. The molecule has 0 bridgehead atoms. The maximum Gasteiger partial charge on any atom is 0.238 e. The van der Waals surface area contributed by atoms with Crippen molar-refractivity contribution in [3.05, 3.63) is 42.0 Å². The number of hydrogen-bond acceptors (Lipinski definition) is 6. The zero-order valence-electron chi connectivity index (χ0n) is 15.6. The van der Waals surface area contributed by atoms with E-state index in [1.807, 2.05) is 19.1 Å². The number of fused-ring (bicyclic) bond motifs is 1. The van der Waals surface area contributed by atoms with Gasteiger partial charge in [0.05, 0.1) is 34.5 Å². The SMILES string of the molecule is COc1ccc(C)cc1NC(=O)CSc1nc2cc(S(N)(=O)=O)ccc2n1C. The number of sulfonamides is 1. The van der Waals surface area contributed by atoms with Crippen LogP contribution in [0.3, 0.4) is 0 Å². The second-order valence-corrected chi connectivity index (χ2v) is 8.69. The topological polar surface area (TPSA) is 116 Å². The van der Waals surface area contributed by atoms with Gasteiger partial charge in [0.25, 0.3) is 0 Å². The van der Waals surface area contributed by atoms with Crippen LogP contribution in [0.5, 0.6) is 5.75 Å². The molecule has 0 saturated heterocycles. The van der Waals surface area contributed by atoms with Gasteiger partial charge in [0.15, 0.2) is 5.16 Å². The molecule has 3 rings (SSSR count). The number of benzene rings is 2. The number of nitrogens with zero attached hydrogens (tertiary/aromatic N) is 2. The first-order valence-electron chi connectivity index (χ1n) is 8.25. The van der Waals surface area contributed by atoms with Crippen LogP contribution in [-0.4, -0.2) is 36.7 Å². The summed E-state index contributed by atoms with van der Waals surface area (Å²) < 4.78 is 30.1. The van der Waals surface area contributed by atoms with Crippen LogP contribution in [0.25, 0.3) is 11.0 Å². The lowest BCUT2D eigenvalue weighted by molar-refractivity contribution is -0.113. The molecule has 0 unspecified atom stereocenters. The molecule has 28 heavy (non-hydrogen) atoms. The summed E-state index contributed by atoms with van der Waals surface area (Å²) in [6.45, 7) is 1.93. The van der Waals surface area contributed by atoms with E-state index in [0.29, 0.717) is 22.1 Å². The van der Waals surface area contributed by atoms with Gasteiger partial charge in [-0.05, 0) is 42.8 Å². The average molecular weight is 421 g/mol. The van der Waals surface area contributed by atoms with E-state index in [1.54, 1.807) is 30.9 Å². The van der Waals surface area contributed by atoms with Crippen molar-refractivity contribution in [1.82, 2.24) is 9.55 Å². The second kappa shape index (κ2) is 7.82. The predicted molar refractivity (Wildman–Crippen MR) is 109 cm³/mol. The fraction of sp³-hybridized carbons (Fsp3) is 0.222. The number of hydrogen-bond donors (Lipinski definition) is 2. The minimum Gasteiger partial charge on any atom is -0.495 e. The van der Waals surface area contributed by atoms with E-state index in [0.717, 1.165) is 11.1 Å². The molecule has 10 heteroatoms. The summed E-state index contributed by atoms with van der Waals surface area (Å²) in [6.07, 6.45) is 0. The molecule has 0 fully saturated rings. The molecule has 1 amide bonds. The van der Waals surface area contributed by atoms with Crippen molar-refractivity contribution in [3.63, 3.8) is 0 Å². The van der Waals surface area contributed by atoms with Gasteiger partial charge in [-0.1, -0.05) is 17.8 Å². The van der Waals surface area contributed by atoms with Gasteiger partial charge in [0, 0.05) is 7.05 Å². The zero-order chi connectivity index (χ0) is 20.5. The van der Waals surface area contributed by atoms with Crippen molar-refractivity contribution in [2.75, 3.05) is 18.2 Å². The van der Waals surface area contributed by atoms with Crippen molar-refractivity contribution in [3.8, 4) is 5.75 Å². The van der Waals surface area contributed by atoms with E-state index >= 15 is 0 Å². The molecule has 0 atom stereocenters. The third-order valence-corrected chi connectivity index (χ3v) is 6.04. The Hall–Kier alpha value is -2.56. The Morgan fingerprint density at radius 2 is 2.04 bits per heavy atom. The number of nitrogens with one attached hydrogen (secondary N) is 1. The molecule has 0 radical (unpaired) electrons. The van der Waals surface area contributed by atoms with Crippen molar-refractivity contribution in [2.24, 2.45) is 12.2 Å². The fourth-order valence-electron chi connectivity index (χ4n) is 2.70. The first-order valence-corrected chi connectivity index (χ1v) is 10.8. The van der Waals surface area contributed by atoms with Gasteiger partial charge in [0.2, 0.25) is 15.9 Å². The van der Waals surface area contributed by atoms with Crippen LogP contribution in [0, 0.1) is 6.92 Å². The maximum absolute atomic E-state index is 12.4. The lowest BCUT2D eigenvalue weighted by atomic mass is 10.2. The molecule has 1 aromatic heterocycles. The molecule has 148 valence electrons. The molecule has 2 aromatic carbocycles. The number of amides is 1. The highest BCUT2D eigenvalue weighted by atomic mass is 32.2. The van der Waals surface area contributed by atoms with Gasteiger partial charge in [-0.15, -0.1) is 0 Å². The standard InChI is InChI=1S/C18H20N4O4S2/c1-11-4-7-16(26-3)14(8-11)20-17(23)10-27-18-21-13-9-12(28(19,24)25)5-6-15(13)22(18)2/h4-9H,10H2,1-3H3,(H,20,23)(H2,19,24,25). The van der Waals surface area contributed by atoms with Crippen molar-refractivity contribution >= 4 is 44.4 Å². The summed E-state index contributed by atoms with van der Waals surface area (Å²) in [5, 5.41) is 8.60. The predicted octanol–water partition coefficient (Wildman–Crippen LogP) is 2.27. The molecule has 3 aromatic rings. The summed E-state index contributed by atoms with van der Waals surface area (Å²) in [7, 11) is -0.453. The summed E-state index contributed by atoms with van der Waals surface area (Å²) in [4.78, 5) is 16.8. The minimum atomic E-state index is -3.80. The van der Waals surface area contributed by atoms with E-state index in [1.165, 1.54) is 23.9 Å². The molecular formula is C18H20N4O4S2. The Morgan fingerprint density at radius 1 is 1.29 bits per heavy atom. The minimum absolute atomic E-state index is 0.000986. The highest BCUT2D eigenvalue weighted by molar-refractivity contribution is 7.99. The van der Waals surface area contributed by atoms with Gasteiger partial charge in [-0.2, -0.15) is 0 Å². The summed E-state index contributed by atoms with van der Waals surface area (Å²) >= 11 is 1.25. The highest BCUT2D eigenvalue weighted by Crippen LogP contribution is 2.27. The molecule has 3 N–H and O–H groups in total. The quantitative estimate of drug-likeness (QED) is 0.591. The van der Waals surface area contributed by atoms with E-state index < -0.39 is 10.0 Å². The summed E-state index contributed by atoms with van der Waals surface area (Å²) in [5.74, 6) is 0.518. The van der Waals surface area contributed by atoms with Crippen LogP contribution in [0.1, 0.15) is 5.56 Å². The number of anilines is 1. The summed E-state index contributed by atoms with van der Waals surface area (Å²) in [5.41, 5.74) is 2.86. The molecular weight excluding hydrogens is 400 g/mol. The molecule has 0 aliphatic rings. The van der Waals surface area contributed by atoms with Crippen LogP contribution in [0.4, 0.5) is 5.69 Å². The van der Waals surface area contributed by atoms with E-state index in [2.05, 4.69) is 10.3 Å². The molecule has 0 saturated carbocycles.